The smallest absolute Gasteiger partial charge is 0.127 e. The third-order valence-electron chi connectivity index (χ3n) is 5.72. The van der Waals surface area contributed by atoms with Gasteiger partial charge in [0.25, 0.3) is 0 Å². The van der Waals surface area contributed by atoms with E-state index in [-0.39, 0.29) is 5.41 Å². The molecule has 0 radical (unpaired) electrons. The van der Waals surface area contributed by atoms with Gasteiger partial charge < -0.3 is 9.47 Å². The van der Waals surface area contributed by atoms with E-state index in [9.17, 15) is 0 Å². The van der Waals surface area contributed by atoms with Crippen LogP contribution in [0.2, 0.25) is 0 Å². The molecule has 0 saturated heterocycles. The van der Waals surface area contributed by atoms with Crippen molar-refractivity contribution >= 4 is 0 Å². The van der Waals surface area contributed by atoms with Gasteiger partial charge in [0.2, 0.25) is 0 Å². The van der Waals surface area contributed by atoms with Crippen LogP contribution in [0, 0.1) is 13.8 Å². The number of ether oxygens (including phenoxy) is 2. The summed E-state index contributed by atoms with van der Waals surface area (Å²) in [6, 6.07) is 33.1. The summed E-state index contributed by atoms with van der Waals surface area (Å²) in [5.74, 6) is 3.42. The van der Waals surface area contributed by atoms with Gasteiger partial charge in [-0.3, -0.25) is 0 Å². The van der Waals surface area contributed by atoms with E-state index in [0.717, 1.165) is 29.4 Å². The van der Waals surface area contributed by atoms with Crippen LogP contribution in [0.25, 0.3) is 0 Å². The standard InChI is InChI=1S/C30H30O2/c1-22-5-13-26(14-6-22)31-28-17-9-24(10-18-28)21-30(3,4)25-11-19-29(20-12-25)32-27-15-7-23(2)8-16-27/h5-20H,21H2,1-4H3. The van der Waals surface area contributed by atoms with Crippen LogP contribution < -0.4 is 9.47 Å². The van der Waals surface area contributed by atoms with Gasteiger partial charge >= 0.3 is 0 Å². The lowest BCUT2D eigenvalue weighted by atomic mass is 9.79. The molecular weight excluding hydrogens is 392 g/mol. The Labute approximate surface area is 191 Å². The van der Waals surface area contributed by atoms with Crippen molar-refractivity contribution in [3.05, 3.63) is 119 Å². The maximum absolute atomic E-state index is 5.97. The number of aryl methyl sites for hydroxylation is 2. The van der Waals surface area contributed by atoms with Gasteiger partial charge in [-0.05, 0) is 85.3 Å². The Balaban J connectivity index is 1.39. The van der Waals surface area contributed by atoms with Crippen LogP contribution in [0.4, 0.5) is 0 Å². The van der Waals surface area contributed by atoms with E-state index in [1.807, 2.05) is 36.4 Å². The Morgan fingerprint density at radius 2 is 0.844 bits per heavy atom. The third kappa shape index (κ3) is 5.59. The molecule has 162 valence electrons. The summed E-state index contributed by atoms with van der Waals surface area (Å²) in [6.45, 7) is 8.70. The van der Waals surface area contributed by atoms with Crippen molar-refractivity contribution < 1.29 is 9.47 Å². The van der Waals surface area contributed by atoms with Gasteiger partial charge in [0, 0.05) is 0 Å². The van der Waals surface area contributed by atoms with E-state index in [1.165, 1.54) is 22.3 Å². The highest BCUT2D eigenvalue weighted by Crippen LogP contribution is 2.31. The average molecular weight is 423 g/mol. The van der Waals surface area contributed by atoms with Gasteiger partial charge in [-0.1, -0.05) is 73.5 Å². The zero-order valence-corrected chi connectivity index (χ0v) is 19.3. The van der Waals surface area contributed by atoms with Crippen LogP contribution >= 0.6 is 0 Å². The predicted molar refractivity (Wildman–Crippen MR) is 132 cm³/mol. The second-order valence-corrected chi connectivity index (χ2v) is 9.06. The molecule has 4 aromatic rings. The summed E-state index contributed by atoms with van der Waals surface area (Å²) < 4.78 is 11.9. The summed E-state index contributed by atoms with van der Waals surface area (Å²) >= 11 is 0. The van der Waals surface area contributed by atoms with Gasteiger partial charge in [0.05, 0.1) is 0 Å². The minimum Gasteiger partial charge on any atom is -0.457 e. The lowest BCUT2D eigenvalue weighted by molar-refractivity contribution is 0.478. The molecular formula is C30H30O2. The molecule has 4 rings (SSSR count). The van der Waals surface area contributed by atoms with E-state index in [0.29, 0.717) is 0 Å². The Bertz CT molecular complexity index is 1140. The molecule has 0 bridgehead atoms. The van der Waals surface area contributed by atoms with E-state index < -0.39 is 0 Å². The molecule has 0 spiro atoms. The lowest BCUT2D eigenvalue weighted by Crippen LogP contribution is -2.20. The van der Waals surface area contributed by atoms with Crippen molar-refractivity contribution in [2.24, 2.45) is 0 Å². The Kier molecular flexibility index (Phi) is 6.32. The summed E-state index contributed by atoms with van der Waals surface area (Å²) in [4.78, 5) is 0. The lowest BCUT2D eigenvalue weighted by Gasteiger charge is -2.26. The highest BCUT2D eigenvalue weighted by atomic mass is 16.5. The van der Waals surface area contributed by atoms with Crippen LogP contribution in [0.5, 0.6) is 23.0 Å². The number of hydrogen-bond donors (Lipinski definition) is 0. The van der Waals surface area contributed by atoms with Crippen LogP contribution in [0.15, 0.2) is 97.1 Å². The largest absolute Gasteiger partial charge is 0.457 e. The molecule has 0 N–H and O–H groups in total. The van der Waals surface area contributed by atoms with Crippen molar-refractivity contribution in [3.8, 4) is 23.0 Å². The third-order valence-corrected chi connectivity index (χ3v) is 5.72. The molecule has 0 aromatic heterocycles. The van der Waals surface area contributed by atoms with Crippen molar-refractivity contribution in [1.82, 2.24) is 0 Å². The van der Waals surface area contributed by atoms with Crippen LogP contribution in [-0.2, 0) is 11.8 Å². The molecule has 32 heavy (non-hydrogen) atoms. The SMILES string of the molecule is Cc1ccc(Oc2ccc(CC(C)(C)c3ccc(Oc4ccc(C)cc4)cc3)cc2)cc1. The minimum absolute atomic E-state index is 0.00171. The summed E-state index contributed by atoms with van der Waals surface area (Å²) in [6.07, 6.45) is 0.940. The minimum atomic E-state index is 0.00171. The molecule has 4 aromatic carbocycles. The quantitative estimate of drug-likeness (QED) is 0.298. The second-order valence-electron chi connectivity index (χ2n) is 9.06. The number of rotatable bonds is 7. The maximum Gasteiger partial charge on any atom is 0.127 e. The summed E-state index contributed by atoms with van der Waals surface area (Å²) in [7, 11) is 0. The molecule has 0 fully saturated rings. The topological polar surface area (TPSA) is 18.5 Å². The first kappa shape index (κ1) is 21.7. The highest BCUT2D eigenvalue weighted by Gasteiger charge is 2.21. The molecule has 0 unspecified atom stereocenters. The van der Waals surface area contributed by atoms with Crippen molar-refractivity contribution in [2.45, 2.75) is 39.5 Å². The van der Waals surface area contributed by atoms with E-state index in [2.05, 4.69) is 88.4 Å². The molecule has 0 aliphatic heterocycles. The van der Waals surface area contributed by atoms with Gasteiger partial charge in [0.15, 0.2) is 0 Å². The molecule has 0 amide bonds. The van der Waals surface area contributed by atoms with Gasteiger partial charge in [-0.25, -0.2) is 0 Å². The fourth-order valence-electron chi connectivity index (χ4n) is 3.75. The van der Waals surface area contributed by atoms with Crippen molar-refractivity contribution in [1.29, 1.82) is 0 Å². The van der Waals surface area contributed by atoms with E-state index >= 15 is 0 Å². The average Bonchev–Trinajstić information content (AvgIpc) is 2.78. The predicted octanol–water partition coefficient (Wildman–Crippen LogP) is 8.41. The molecule has 0 aliphatic carbocycles. The van der Waals surface area contributed by atoms with Gasteiger partial charge in [-0.2, -0.15) is 0 Å². The summed E-state index contributed by atoms with van der Waals surface area (Å²) in [5.41, 5.74) is 5.02. The van der Waals surface area contributed by atoms with Crippen LogP contribution in [0.1, 0.15) is 36.1 Å². The van der Waals surface area contributed by atoms with E-state index in [4.69, 9.17) is 9.47 Å². The highest BCUT2D eigenvalue weighted by molar-refractivity contribution is 5.38. The van der Waals surface area contributed by atoms with Crippen LogP contribution in [0.3, 0.4) is 0 Å². The first-order valence-electron chi connectivity index (χ1n) is 11.1. The molecule has 0 saturated carbocycles. The Hall–Kier alpha value is -3.52. The van der Waals surface area contributed by atoms with Crippen LogP contribution in [-0.4, -0.2) is 0 Å². The normalized spacial score (nSPS) is 11.2. The monoisotopic (exact) mass is 422 g/mol. The molecule has 2 heteroatoms. The fraction of sp³-hybridized carbons (Fsp3) is 0.200. The molecule has 0 heterocycles. The Morgan fingerprint density at radius 3 is 1.25 bits per heavy atom. The maximum atomic E-state index is 5.97. The first-order valence-corrected chi connectivity index (χ1v) is 11.1. The van der Waals surface area contributed by atoms with Crippen molar-refractivity contribution in [2.75, 3.05) is 0 Å². The zero-order chi connectivity index (χ0) is 22.6. The molecule has 0 aliphatic rings. The van der Waals surface area contributed by atoms with Gasteiger partial charge in [-0.15, -0.1) is 0 Å². The van der Waals surface area contributed by atoms with Crippen molar-refractivity contribution in [3.63, 3.8) is 0 Å². The number of hydrogen-bond acceptors (Lipinski definition) is 2. The molecule has 2 nitrogen and oxygen atoms in total. The first-order chi connectivity index (χ1) is 15.4. The second kappa shape index (κ2) is 9.32. The zero-order valence-electron chi connectivity index (χ0n) is 19.3. The Morgan fingerprint density at radius 1 is 0.500 bits per heavy atom. The van der Waals surface area contributed by atoms with E-state index in [1.54, 1.807) is 0 Å². The summed E-state index contributed by atoms with van der Waals surface area (Å²) in [5, 5.41) is 0. The van der Waals surface area contributed by atoms with Gasteiger partial charge in [0.1, 0.15) is 23.0 Å². The molecule has 0 atom stereocenters. The number of benzene rings is 4. The fourth-order valence-corrected chi connectivity index (χ4v) is 3.75.